The highest BCUT2D eigenvalue weighted by Crippen LogP contribution is 2.49. The molecule has 1 saturated heterocycles. The molecule has 0 bridgehead atoms. The van der Waals surface area contributed by atoms with Crippen LogP contribution in [0.15, 0.2) is 18.2 Å². The summed E-state index contributed by atoms with van der Waals surface area (Å²) < 4.78 is 22.4. The molecule has 2 fully saturated rings. The first kappa shape index (κ1) is 14.5. The van der Waals surface area contributed by atoms with Gasteiger partial charge in [-0.3, -0.25) is 0 Å². The molecule has 2 heterocycles. The number of hydrogen-bond acceptors (Lipinski definition) is 5. The van der Waals surface area contributed by atoms with Crippen LogP contribution in [0.5, 0.6) is 11.5 Å². The third kappa shape index (κ3) is 2.08. The summed E-state index contributed by atoms with van der Waals surface area (Å²) in [6.45, 7) is 1.48. The van der Waals surface area contributed by atoms with E-state index in [1.807, 2.05) is 18.2 Å². The molecule has 1 aromatic carbocycles. The molecule has 0 unspecified atom stereocenters. The number of alkyl halides is 1. The van der Waals surface area contributed by atoms with Crippen LogP contribution >= 0.6 is 15.9 Å². The Hall–Kier alpha value is -1.11. The maximum Gasteiger partial charge on any atom is 0.231 e. The Bertz CT molecular complexity index is 598. The van der Waals surface area contributed by atoms with E-state index in [9.17, 15) is 4.79 Å². The quantitative estimate of drug-likeness (QED) is 0.593. The zero-order valence-corrected chi connectivity index (χ0v) is 13.6. The highest BCUT2D eigenvalue weighted by atomic mass is 79.9. The molecule has 6 heteroatoms. The van der Waals surface area contributed by atoms with E-state index in [4.69, 9.17) is 18.9 Å². The minimum atomic E-state index is -0.596. The van der Waals surface area contributed by atoms with Crippen molar-refractivity contribution < 1.29 is 23.7 Å². The third-order valence-corrected chi connectivity index (χ3v) is 6.04. The standard InChI is InChI=1S/C16H17BrO5/c17-14-8-16(21-5-6-22-16)4-3-15(14,9-18)11-1-2-12-13(7-11)20-10-19-12/h1-2,7,9,14H,3-6,8,10H2/t14-,15-/m0/s1. The van der Waals surface area contributed by atoms with E-state index in [1.165, 1.54) is 0 Å². The van der Waals surface area contributed by atoms with Crippen LogP contribution < -0.4 is 9.47 Å². The van der Waals surface area contributed by atoms with Crippen molar-refractivity contribution in [3.05, 3.63) is 23.8 Å². The monoisotopic (exact) mass is 368 g/mol. The van der Waals surface area contributed by atoms with Crippen molar-refractivity contribution in [1.82, 2.24) is 0 Å². The maximum atomic E-state index is 12.0. The fraction of sp³-hybridized carbons (Fsp3) is 0.562. The Kier molecular flexibility index (Phi) is 3.43. The molecule has 22 heavy (non-hydrogen) atoms. The molecule has 0 N–H and O–H groups in total. The lowest BCUT2D eigenvalue weighted by molar-refractivity contribution is -0.182. The summed E-state index contributed by atoms with van der Waals surface area (Å²) in [7, 11) is 0. The average Bonchev–Trinajstić information content (AvgIpc) is 3.17. The Labute approximate surface area is 137 Å². The van der Waals surface area contributed by atoms with E-state index in [1.54, 1.807) is 0 Å². The molecule has 0 aromatic heterocycles. The highest BCUT2D eigenvalue weighted by molar-refractivity contribution is 9.09. The van der Waals surface area contributed by atoms with Crippen molar-refractivity contribution in [2.45, 2.75) is 35.3 Å². The minimum absolute atomic E-state index is 0.0512. The van der Waals surface area contributed by atoms with Gasteiger partial charge >= 0.3 is 0 Å². The lowest BCUT2D eigenvalue weighted by Crippen LogP contribution is -2.50. The van der Waals surface area contributed by atoms with Gasteiger partial charge in [0.25, 0.3) is 0 Å². The van der Waals surface area contributed by atoms with Gasteiger partial charge in [0.2, 0.25) is 6.79 Å². The Morgan fingerprint density at radius 1 is 1.14 bits per heavy atom. The number of rotatable bonds is 2. The van der Waals surface area contributed by atoms with Crippen LogP contribution in [0, 0.1) is 0 Å². The molecule has 3 aliphatic rings. The molecule has 2 atom stereocenters. The molecule has 0 radical (unpaired) electrons. The largest absolute Gasteiger partial charge is 0.454 e. The summed E-state index contributed by atoms with van der Waals surface area (Å²) in [6, 6.07) is 5.74. The topological polar surface area (TPSA) is 54.0 Å². The second-order valence-electron chi connectivity index (χ2n) is 6.01. The molecule has 1 aromatic rings. The van der Waals surface area contributed by atoms with E-state index >= 15 is 0 Å². The molecule has 1 spiro atoms. The van der Waals surface area contributed by atoms with Gasteiger partial charge in [-0.05, 0) is 24.1 Å². The predicted molar refractivity (Wildman–Crippen MR) is 81.5 cm³/mol. The van der Waals surface area contributed by atoms with Crippen molar-refractivity contribution in [2.24, 2.45) is 0 Å². The van der Waals surface area contributed by atoms with Crippen LogP contribution in [0.1, 0.15) is 24.8 Å². The van der Waals surface area contributed by atoms with Crippen molar-refractivity contribution in [1.29, 1.82) is 0 Å². The van der Waals surface area contributed by atoms with Crippen molar-refractivity contribution in [3.8, 4) is 11.5 Å². The summed E-state index contributed by atoms with van der Waals surface area (Å²) in [5.74, 6) is 0.898. The number of carbonyl (C=O) groups is 1. The molecule has 4 rings (SSSR count). The maximum absolute atomic E-state index is 12.0. The third-order valence-electron chi connectivity index (χ3n) is 4.90. The van der Waals surface area contributed by atoms with Gasteiger partial charge in [-0.1, -0.05) is 22.0 Å². The fourth-order valence-corrected chi connectivity index (χ4v) is 4.68. The van der Waals surface area contributed by atoms with Crippen LogP contribution in [0.3, 0.4) is 0 Å². The molecular weight excluding hydrogens is 352 g/mol. The minimum Gasteiger partial charge on any atom is -0.454 e. The number of benzene rings is 1. The van der Waals surface area contributed by atoms with Gasteiger partial charge in [-0.2, -0.15) is 0 Å². The van der Waals surface area contributed by atoms with Gasteiger partial charge in [0, 0.05) is 17.7 Å². The normalized spacial score (nSPS) is 32.3. The van der Waals surface area contributed by atoms with Gasteiger partial charge in [-0.15, -0.1) is 0 Å². The van der Waals surface area contributed by atoms with Crippen LogP contribution in [0.4, 0.5) is 0 Å². The number of hydrogen-bond donors (Lipinski definition) is 0. The number of aldehydes is 1. The smallest absolute Gasteiger partial charge is 0.231 e. The van der Waals surface area contributed by atoms with E-state index in [0.717, 1.165) is 17.6 Å². The summed E-state index contributed by atoms with van der Waals surface area (Å²) in [6.07, 6.45) is 3.08. The van der Waals surface area contributed by atoms with Crippen LogP contribution in [-0.2, 0) is 19.7 Å². The van der Waals surface area contributed by atoms with Crippen molar-refractivity contribution >= 4 is 22.2 Å². The van der Waals surface area contributed by atoms with Crippen LogP contribution in [-0.4, -0.2) is 36.9 Å². The van der Waals surface area contributed by atoms with Crippen LogP contribution in [0.25, 0.3) is 0 Å². The SMILES string of the molecule is O=C[C@]1(c2ccc3c(c2)OCO3)CCC2(C[C@@H]1Br)OCCO2. The van der Waals surface area contributed by atoms with E-state index in [0.29, 0.717) is 38.2 Å². The molecule has 5 nitrogen and oxygen atoms in total. The molecule has 0 amide bonds. The van der Waals surface area contributed by atoms with E-state index in [2.05, 4.69) is 15.9 Å². The summed E-state index contributed by atoms with van der Waals surface area (Å²) in [4.78, 5) is 12.0. The molecule has 1 saturated carbocycles. The zero-order valence-electron chi connectivity index (χ0n) is 12.0. The number of fused-ring (bicyclic) bond motifs is 1. The molecule has 1 aliphatic carbocycles. The molecule has 118 valence electrons. The predicted octanol–water partition coefficient (Wildman–Crippen LogP) is 2.54. The lowest BCUT2D eigenvalue weighted by atomic mass is 9.68. The van der Waals surface area contributed by atoms with Crippen LogP contribution in [0.2, 0.25) is 0 Å². The summed E-state index contributed by atoms with van der Waals surface area (Å²) in [5, 5.41) is 0. The number of halogens is 1. The Balaban J connectivity index is 1.67. The van der Waals surface area contributed by atoms with Gasteiger partial charge < -0.3 is 23.7 Å². The average molecular weight is 369 g/mol. The summed E-state index contributed by atoms with van der Waals surface area (Å²) in [5.41, 5.74) is 0.350. The van der Waals surface area contributed by atoms with E-state index < -0.39 is 11.2 Å². The second kappa shape index (κ2) is 5.22. The number of carbonyl (C=O) groups excluding carboxylic acids is 1. The zero-order chi connectivity index (χ0) is 15.2. The Morgan fingerprint density at radius 3 is 2.64 bits per heavy atom. The lowest BCUT2D eigenvalue weighted by Gasteiger charge is -2.44. The first-order valence-corrected chi connectivity index (χ1v) is 8.38. The highest BCUT2D eigenvalue weighted by Gasteiger charge is 2.52. The first-order valence-electron chi connectivity index (χ1n) is 7.46. The summed E-state index contributed by atoms with van der Waals surface area (Å²) >= 11 is 3.71. The molecular formula is C16H17BrO5. The van der Waals surface area contributed by atoms with Gasteiger partial charge in [-0.25, -0.2) is 0 Å². The second-order valence-corrected chi connectivity index (χ2v) is 7.11. The first-order chi connectivity index (χ1) is 10.7. The van der Waals surface area contributed by atoms with Gasteiger partial charge in [0.05, 0.1) is 18.6 Å². The van der Waals surface area contributed by atoms with Crippen molar-refractivity contribution in [3.63, 3.8) is 0 Å². The number of ether oxygens (including phenoxy) is 4. The fourth-order valence-electron chi connectivity index (χ4n) is 3.58. The van der Waals surface area contributed by atoms with E-state index in [-0.39, 0.29) is 11.6 Å². The van der Waals surface area contributed by atoms with Gasteiger partial charge in [0.1, 0.15) is 6.29 Å². The van der Waals surface area contributed by atoms with Gasteiger partial charge in [0.15, 0.2) is 17.3 Å². The molecule has 2 aliphatic heterocycles. The van der Waals surface area contributed by atoms with Crippen molar-refractivity contribution in [2.75, 3.05) is 20.0 Å². The Morgan fingerprint density at radius 2 is 1.91 bits per heavy atom.